The third-order valence-electron chi connectivity index (χ3n) is 1.88. The summed E-state index contributed by atoms with van der Waals surface area (Å²) in [5.74, 6) is 0.418. The largest absolute Gasteiger partial charge is 0.379 e. The second kappa shape index (κ2) is 7.56. The Morgan fingerprint density at radius 1 is 1.18 bits per heavy atom. The third kappa shape index (κ3) is 12.4. The summed E-state index contributed by atoms with van der Waals surface area (Å²) in [6, 6.07) is 0. The van der Waals surface area contributed by atoms with Crippen molar-refractivity contribution >= 4 is 19.7 Å². The van der Waals surface area contributed by atoms with Gasteiger partial charge in [-0.1, -0.05) is 27.7 Å². The highest BCUT2D eigenvalue weighted by atomic mass is 35.7. The van der Waals surface area contributed by atoms with Crippen molar-refractivity contribution < 1.29 is 17.9 Å². The van der Waals surface area contributed by atoms with Crippen LogP contribution in [0.4, 0.5) is 0 Å². The summed E-state index contributed by atoms with van der Waals surface area (Å²) in [7, 11) is 1.73. The second-order valence-corrected chi connectivity index (χ2v) is 8.15. The molecule has 17 heavy (non-hydrogen) atoms. The SMILES string of the molecule is CC(C)COCCOCC(C)(C)CS(=O)(=O)Cl. The molecule has 0 bridgehead atoms. The Kier molecular flexibility index (Phi) is 7.63. The number of halogens is 1. The van der Waals surface area contributed by atoms with Gasteiger partial charge in [-0.05, 0) is 5.92 Å². The molecule has 0 saturated carbocycles. The Morgan fingerprint density at radius 2 is 1.71 bits per heavy atom. The maximum atomic E-state index is 10.9. The molecular formula is C11H23ClO4S. The normalized spacial score (nSPS) is 13.3. The van der Waals surface area contributed by atoms with Gasteiger partial charge in [-0.2, -0.15) is 0 Å². The standard InChI is InChI=1S/C11H23ClO4S/c1-10(2)7-15-5-6-16-8-11(3,4)9-17(12,13)14/h10H,5-9H2,1-4H3. The molecule has 0 fully saturated rings. The van der Waals surface area contributed by atoms with Crippen LogP contribution in [-0.4, -0.2) is 40.6 Å². The highest BCUT2D eigenvalue weighted by Crippen LogP contribution is 2.20. The predicted molar refractivity (Wildman–Crippen MR) is 69.9 cm³/mol. The first kappa shape index (κ1) is 17.2. The van der Waals surface area contributed by atoms with E-state index in [0.717, 1.165) is 0 Å². The molecule has 0 amide bonds. The summed E-state index contributed by atoms with van der Waals surface area (Å²) in [5.41, 5.74) is -0.474. The second-order valence-electron chi connectivity index (χ2n) is 5.37. The van der Waals surface area contributed by atoms with Gasteiger partial charge < -0.3 is 9.47 Å². The third-order valence-corrected chi connectivity index (χ3v) is 3.33. The molecule has 104 valence electrons. The van der Waals surface area contributed by atoms with Gasteiger partial charge in [0.05, 0.1) is 25.6 Å². The van der Waals surface area contributed by atoms with Gasteiger partial charge in [0.25, 0.3) is 0 Å². The zero-order valence-corrected chi connectivity index (χ0v) is 12.6. The number of ether oxygens (including phenoxy) is 2. The number of hydrogen-bond acceptors (Lipinski definition) is 4. The molecule has 0 aromatic carbocycles. The molecule has 0 saturated heterocycles. The van der Waals surface area contributed by atoms with E-state index in [-0.39, 0.29) is 5.75 Å². The van der Waals surface area contributed by atoms with E-state index in [9.17, 15) is 8.42 Å². The van der Waals surface area contributed by atoms with E-state index in [2.05, 4.69) is 13.8 Å². The van der Waals surface area contributed by atoms with E-state index in [1.807, 2.05) is 13.8 Å². The summed E-state index contributed by atoms with van der Waals surface area (Å²) in [6.45, 7) is 9.83. The fourth-order valence-corrected chi connectivity index (χ4v) is 3.20. The van der Waals surface area contributed by atoms with Gasteiger partial charge in [-0.25, -0.2) is 8.42 Å². The van der Waals surface area contributed by atoms with Crippen LogP contribution in [0, 0.1) is 11.3 Å². The lowest BCUT2D eigenvalue weighted by molar-refractivity contribution is 0.0138. The molecule has 0 rings (SSSR count). The van der Waals surface area contributed by atoms with Crippen molar-refractivity contribution in [3.05, 3.63) is 0 Å². The Bertz CT molecular complexity index is 299. The molecule has 0 spiro atoms. The van der Waals surface area contributed by atoms with Crippen LogP contribution in [0.25, 0.3) is 0 Å². The highest BCUT2D eigenvalue weighted by molar-refractivity contribution is 8.13. The van der Waals surface area contributed by atoms with E-state index in [1.54, 1.807) is 0 Å². The first-order valence-electron chi connectivity index (χ1n) is 5.70. The van der Waals surface area contributed by atoms with Crippen LogP contribution in [0.3, 0.4) is 0 Å². The predicted octanol–water partition coefficient (Wildman–Crippen LogP) is 2.27. The molecule has 0 N–H and O–H groups in total. The fourth-order valence-electron chi connectivity index (χ4n) is 1.29. The molecular weight excluding hydrogens is 264 g/mol. The van der Waals surface area contributed by atoms with Crippen molar-refractivity contribution in [2.75, 3.05) is 32.2 Å². The molecule has 0 aromatic rings. The van der Waals surface area contributed by atoms with E-state index >= 15 is 0 Å². The highest BCUT2D eigenvalue weighted by Gasteiger charge is 2.25. The van der Waals surface area contributed by atoms with Crippen LogP contribution >= 0.6 is 10.7 Å². The minimum absolute atomic E-state index is 0.0889. The van der Waals surface area contributed by atoms with Crippen molar-refractivity contribution in [3.8, 4) is 0 Å². The Balaban J connectivity index is 3.66. The molecule has 0 aromatic heterocycles. The molecule has 6 heteroatoms. The van der Waals surface area contributed by atoms with Crippen molar-refractivity contribution in [3.63, 3.8) is 0 Å². The van der Waals surface area contributed by atoms with Crippen molar-refractivity contribution in [2.24, 2.45) is 11.3 Å². The molecule has 4 nitrogen and oxygen atoms in total. The van der Waals surface area contributed by atoms with E-state index in [4.69, 9.17) is 20.2 Å². The number of rotatable bonds is 9. The maximum absolute atomic E-state index is 10.9. The van der Waals surface area contributed by atoms with E-state index in [1.165, 1.54) is 0 Å². The minimum Gasteiger partial charge on any atom is -0.379 e. The van der Waals surface area contributed by atoms with Gasteiger partial charge >= 0.3 is 0 Å². The lowest BCUT2D eigenvalue weighted by atomic mass is 9.98. The fraction of sp³-hybridized carbons (Fsp3) is 1.00. The van der Waals surface area contributed by atoms with Gasteiger partial charge in [0, 0.05) is 22.7 Å². The van der Waals surface area contributed by atoms with Gasteiger partial charge in [0.15, 0.2) is 0 Å². The molecule has 0 unspecified atom stereocenters. The summed E-state index contributed by atoms with van der Waals surface area (Å²) < 4.78 is 32.6. The Labute approximate surface area is 109 Å². The summed E-state index contributed by atoms with van der Waals surface area (Å²) in [4.78, 5) is 0. The van der Waals surface area contributed by atoms with Gasteiger partial charge in [0.1, 0.15) is 0 Å². The quantitative estimate of drug-likeness (QED) is 0.482. The Hall–Kier alpha value is 0.160. The maximum Gasteiger partial charge on any atom is 0.233 e. The van der Waals surface area contributed by atoms with Gasteiger partial charge in [0.2, 0.25) is 9.05 Å². The zero-order chi connectivity index (χ0) is 13.5. The topological polar surface area (TPSA) is 52.6 Å². The van der Waals surface area contributed by atoms with Crippen LogP contribution in [0.2, 0.25) is 0 Å². The van der Waals surface area contributed by atoms with Crippen LogP contribution in [0.5, 0.6) is 0 Å². The lowest BCUT2D eigenvalue weighted by Gasteiger charge is -2.22. The summed E-state index contributed by atoms with van der Waals surface area (Å²) in [6.07, 6.45) is 0. The Morgan fingerprint density at radius 3 is 2.18 bits per heavy atom. The van der Waals surface area contributed by atoms with E-state index in [0.29, 0.717) is 32.3 Å². The molecule has 0 aliphatic heterocycles. The van der Waals surface area contributed by atoms with Crippen LogP contribution < -0.4 is 0 Å². The summed E-state index contributed by atoms with van der Waals surface area (Å²) >= 11 is 0. The van der Waals surface area contributed by atoms with Crippen LogP contribution in [0.15, 0.2) is 0 Å². The first-order valence-corrected chi connectivity index (χ1v) is 8.18. The van der Waals surface area contributed by atoms with Crippen LogP contribution in [-0.2, 0) is 18.5 Å². The molecule has 0 radical (unpaired) electrons. The van der Waals surface area contributed by atoms with Crippen LogP contribution in [0.1, 0.15) is 27.7 Å². The van der Waals surface area contributed by atoms with Crippen molar-refractivity contribution in [2.45, 2.75) is 27.7 Å². The van der Waals surface area contributed by atoms with E-state index < -0.39 is 14.5 Å². The molecule has 0 aliphatic carbocycles. The number of hydrogen-bond donors (Lipinski definition) is 0. The molecule has 0 heterocycles. The summed E-state index contributed by atoms with van der Waals surface area (Å²) in [5, 5.41) is 0. The monoisotopic (exact) mass is 286 g/mol. The average Bonchev–Trinajstić information content (AvgIpc) is 2.06. The minimum atomic E-state index is -3.48. The van der Waals surface area contributed by atoms with Gasteiger partial charge in [-0.15, -0.1) is 0 Å². The molecule has 0 aliphatic rings. The smallest absolute Gasteiger partial charge is 0.233 e. The average molecular weight is 287 g/mol. The van der Waals surface area contributed by atoms with Gasteiger partial charge in [-0.3, -0.25) is 0 Å². The first-order chi connectivity index (χ1) is 7.62. The molecule has 0 atom stereocenters. The van der Waals surface area contributed by atoms with Crippen molar-refractivity contribution in [1.29, 1.82) is 0 Å². The van der Waals surface area contributed by atoms with Crippen molar-refractivity contribution in [1.82, 2.24) is 0 Å². The zero-order valence-electron chi connectivity index (χ0n) is 11.0. The lowest BCUT2D eigenvalue weighted by Crippen LogP contribution is -2.27.